The van der Waals surface area contributed by atoms with E-state index >= 15 is 0 Å². The maximum atomic E-state index is 9.24. The van der Waals surface area contributed by atoms with Crippen molar-refractivity contribution in [2.45, 2.75) is 18.3 Å². The van der Waals surface area contributed by atoms with E-state index in [2.05, 4.69) is 6.07 Å². The van der Waals surface area contributed by atoms with E-state index in [9.17, 15) is 5.26 Å². The second-order valence-electron chi connectivity index (χ2n) is 5.01. The molecule has 0 amide bonds. The van der Waals surface area contributed by atoms with Crippen LogP contribution in [-0.4, -0.2) is 0 Å². The van der Waals surface area contributed by atoms with E-state index in [4.69, 9.17) is 22.1 Å². The minimum absolute atomic E-state index is 0.315. The van der Waals surface area contributed by atoms with Gasteiger partial charge in [0.2, 0.25) is 0 Å². The molecule has 0 aliphatic heterocycles. The predicted octanol–water partition coefficient (Wildman–Crippen LogP) is 4.27. The summed E-state index contributed by atoms with van der Waals surface area (Å²) < 4.78 is 5.78. The minimum atomic E-state index is -0.315. The fourth-order valence-electron chi connectivity index (χ4n) is 2.17. The Morgan fingerprint density at radius 2 is 2.00 bits per heavy atom. The number of rotatable bonds is 3. The highest BCUT2D eigenvalue weighted by Crippen LogP contribution is 2.48. The highest BCUT2D eigenvalue weighted by atomic mass is 35.5. The van der Waals surface area contributed by atoms with Crippen molar-refractivity contribution in [3.05, 3.63) is 53.1 Å². The molecule has 2 aromatic rings. The van der Waals surface area contributed by atoms with Crippen LogP contribution >= 0.6 is 11.6 Å². The number of nitrogens with zero attached hydrogens (tertiary/aromatic N) is 1. The normalized spacial score (nSPS) is 15.4. The van der Waals surface area contributed by atoms with Gasteiger partial charge >= 0.3 is 0 Å². The van der Waals surface area contributed by atoms with E-state index < -0.39 is 0 Å². The predicted molar refractivity (Wildman–Crippen MR) is 78.9 cm³/mol. The van der Waals surface area contributed by atoms with Crippen molar-refractivity contribution in [3.8, 4) is 17.6 Å². The summed E-state index contributed by atoms with van der Waals surface area (Å²) >= 11 is 6.09. The molecule has 3 rings (SSSR count). The standard InChI is InChI=1S/C16H13ClN2O/c17-14-9-12(19)4-5-15(14)20-13-3-1-2-11(8-13)16(10-18)6-7-16/h1-5,8-9H,6-7,19H2. The van der Waals surface area contributed by atoms with Crippen molar-refractivity contribution >= 4 is 17.3 Å². The molecule has 0 aromatic heterocycles. The molecule has 2 N–H and O–H groups in total. The van der Waals surface area contributed by atoms with Gasteiger partial charge in [-0.3, -0.25) is 0 Å². The van der Waals surface area contributed by atoms with E-state index in [1.807, 2.05) is 24.3 Å². The number of nitrogens with two attached hydrogens (primary N) is 1. The number of hydrogen-bond acceptors (Lipinski definition) is 3. The molecule has 0 atom stereocenters. The van der Waals surface area contributed by atoms with Gasteiger partial charge in [-0.25, -0.2) is 0 Å². The van der Waals surface area contributed by atoms with Gasteiger partial charge in [-0.15, -0.1) is 0 Å². The van der Waals surface area contributed by atoms with Gasteiger partial charge in [0.25, 0.3) is 0 Å². The van der Waals surface area contributed by atoms with Gasteiger partial charge in [-0.1, -0.05) is 23.7 Å². The van der Waals surface area contributed by atoms with Gasteiger partial charge in [0.05, 0.1) is 16.5 Å². The first-order chi connectivity index (χ1) is 9.63. The molecule has 2 aromatic carbocycles. The SMILES string of the molecule is N#CC1(c2cccc(Oc3ccc(N)cc3Cl)c2)CC1. The zero-order chi connectivity index (χ0) is 14.2. The second-order valence-corrected chi connectivity index (χ2v) is 5.42. The summed E-state index contributed by atoms with van der Waals surface area (Å²) in [6.07, 6.45) is 1.82. The Hall–Kier alpha value is -2.18. The fraction of sp³-hybridized carbons (Fsp3) is 0.188. The summed E-state index contributed by atoms with van der Waals surface area (Å²) in [6, 6.07) is 15.1. The Morgan fingerprint density at radius 1 is 1.20 bits per heavy atom. The Kier molecular flexibility index (Phi) is 3.04. The van der Waals surface area contributed by atoms with Crippen molar-refractivity contribution in [1.82, 2.24) is 0 Å². The van der Waals surface area contributed by atoms with Crippen LogP contribution in [0.2, 0.25) is 5.02 Å². The number of nitriles is 1. The molecule has 20 heavy (non-hydrogen) atoms. The van der Waals surface area contributed by atoms with Gasteiger partial charge in [0.15, 0.2) is 0 Å². The number of anilines is 1. The van der Waals surface area contributed by atoms with E-state index in [1.165, 1.54) is 0 Å². The average Bonchev–Trinajstić information content (AvgIpc) is 3.23. The van der Waals surface area contributed by atoms with Crippen molar-refractivity contribution < 1.29 is 4.74 Å². The number of ether oxygens (including phenoxy) is 1. The average molecular weight is 285 g/mol. The number of halogens is 1. The molecule has 1 aliphatic rings. The molecule has 4 heteroatoms. The van der Waals surface area contributed by atoms with Gasteiger partial charge in [-0.05, 0) is 48.7 Å². The Labute approximate surface area is 122 Å². The molecule has 0 heterocycles. The molecule has 1 saturated carbocycles. The van der Waals surface area contributed by atoms with Crippen LogP contribution in [0.1, 0.15) is 18.4 Å². The minimum Gasteiger partial charge on any atom is -0.456 e. The molecule has 100 valence electrons. The fourth-order valence-corrected chi connectivity index (χ4v) is 2.40. The highest BCUT2D eigenvalue weighted by molar-refractivity contribution is 6.32. The first kappa shape index (κ1) is 12.8. The molecule has 0 radical (unpaired) electrons. The molecule has 1 fully saturated rings. The highest BCUT2D eigenvalue weighted by Gasteiger charge is 2.44. The van der Waals surface area contributed by atoms with Gasteiger partial charge in [-0.2, -0.15) is 5.26 Å². The molecule has 0 bridgehead atoms. The zero-order valence-corrected chi connectivity index (χ0v) is 11.5. The summed E-state index contributed by atoms with van der Waals surface area (Å²) in [6.45, 7) is 0. The first-order valence-corrected chi connectivity index (χ1v) is 6.75. The lowest BCUT2D eigenvalue weighted by atomic mass is 9.98. The van der Waals surface area contributed by atoms with E-state index in [-0.39, 0.29) is 5.41 Å². The third-order valence-corrected chi connectivity index (χ3v) is 3.83. The van der Waals surface area contributed by atoms with Crippen molar-refractivity contribution in [2.75, 3.05) is 5.73 Å². The molecule has 0 unspecified atom stereocenters. The quantitative estimate of drug-likeness (QED) is 0.856. The van der Waals surface area contributed by atoms with Crippen LogP contribution in [-0.2, 0) is 5.41 Å². The number of benzene rings is 2. The lowest BCUT2D eigenvalue weighted by Crippen LogP contribution is -2.02. The van der Waals surface area contributed by atoms with E-state index in [1.54, 1.807) is 18.2 Å². The van der Waals surface area contributed by atoms with Gasteiger partial charge in [0.1, 0.15) is 11.5 Å². The summed E-state index contributed by atoms with van der Waals surface area (Å²) in [5.41, 5.74) is 6.94. The Balaban J connectivity index is 1.88. The summed E-state index contributed by atoms with van der Waals surface area (Å²) in [7, 11) is 0. The van der Waals surface area contributed by atoms with Gasteiger partial charge < -0.3 is 10.5 Å². The molecular weight excluding hydrogens is 272 g/mol. The number of nitrogen functional groups attached to an aromatic ring is 1. The summed E-state index contributed by atoms with van der Waals surface area (Å²) in [4.78, 5) is 0. The lowest BCUT2D eigenvalue weighted by molar-refractivity contribution is 0.482. The Bertz CT molecular complexity index is 702. The summed E-state index contributed by atoms with van der Waals surface area (Å²) in [5.74, 6) is 1.23. The molecular formula is C16H13ClN2O. The summed E-state index contributed by atoms with van der Waals surface area (Å²) in [5, 5.41) is 9.71. The van der Waals surface area contributed by atoms with E-state index in [0.29, 0.717) is 22.2 Å². The third-order valence-electron chi connectivity index (χ3n) is 3.53. The van der Waals surface area contributed by atoms with Crippen molar-refractivity contribution in [3.63, 3.8) is 0 Å². The zero-order valence-electron chi connectivity index (χ0n) is 10.8. The van der Waals surface area contributed by atoms with Crippen LogP contribution in [0.5, 0.6) is 11.5 Å². The molecule has 0 spiro atoms. The van der Waals surface area contributed by atoms with Crippen LogP contribution < -0.4 is 10.5 Å². The maximum absolute atomic E-state index is 9.24. The van der Waals surface area contributed by atoms with Crippen LogP contribution in [0.15, 0.2) is 42.5 Å². The number of hydrogen-bond donors (Lipinski definition) is 1. The van der Waals surface area contributed by atoms with Crippen LogP contribution in [0, 0.1) is 11.3 Å². The third kappa shape index (κ3) is 2.31. The van der Waals surface area contributed by atoms with Crippen molar-refractivity contribution in [1.29, 1.82) is 5.26 Å². The monoisotopic (exact) mass is 284 g/mol. The molecule has 1 aliphatic carbocycles. The van der Waals surface area contributed by atoms with E-state index in [0.717, 1.165) is 18.4 Å². The Morgan fingerprint density at radius 3 is 2.65 bits per heavy atom. The lowest BCUT2D eigenvalue weighted by Gasteiger charge is -2.11. The maximum Gasteiger partial charge on any atom is 0.146 e. The molecule has 0 saturated heterocycles. The van der Waals surface area contributed by atoms with Crippen LogP contribution in [0.25, 0.3) is 0 Å². The second kappa shape index (κ2) is 4.73. The van der Waals surface area contributed by atoms with Gasteiger partial charge in [0, 0.05) is 5.69 Å². The topological polar surface area (TPSA) is 59.0 Å². The first-order valence-electron chi connectivity index (χ1n) is 6.38. The molecule has 3 nitrogen and oxygen atoms in total. The van der Waals surface area contributed by atoms with Crippen LogP contribution in [0.3, 0.4) is 0 Å². The van der Waals surface area contributed by atoms with Crippen molar-refractivity contribution in [2.24, 2.45) is 0 Å². The largest absolute Gasteiger partial charge is 0.456 e. The van der Waals surface area contributed by atoms with Crippen LogP contribution in [0.4, 0.5) is 5.69 Å². The smallest absolute Gasteiger partial charge is 0.146 e.